The van der Waals surface area contributed by atoms with Gasteiger partial charge in [0.15, 0.2) is 6.10 Å². The third kappa shape index (κ3) is 42.0. The number of ether oxygens (including phenoxy) is 2. The third-order valence-electron chi connectivity index (χ3n) is 9.26. The van der Waals surface area contributed by atoms with E-state index in [0.717, 1.165) is 89.9 Å². The van der Waals surface area contributed by atoms with Gasteiger partial charge < -0.3 is 14.6 Å². The molecular formula is C48H82O5. The van der Waals surface area contributed by atoms with Gasteiger partial charge in [-0.25, -0.2) is 0 Å². The standard InChI is InChI=1S/C48H82O5/c1-3-5-7-9-11-13-15-17-19-21-22-23-24-25-26-27-29-31-33-35-37-39-41-43-48(51)53-46(44-49)45-52-47(50)42-40-38-36-34-32-30-28-20-18-16-14-12-10-8-6-4-2/h5,7,11,13,17,19,22-23,25-26,29,31,46,49H,3-4,6,8-10,12,14-16,18,20-21,24,27-28,30,32-45H2,1-2H3/b7-5-,13-11-,19-17-,23-22-,26-25-,31-29-. The summed E-state index contributed by atoms with van der Waals surface area (Å²) in [5.41, 5.74) is 0. The number of aliphatic hydroxyl groups is 1. The molecule has 5 heteroatoms. The number of aliphatic hydroxyl groups excluding tert-OH is 1. The Morgan fingerprint density at radius 1 is 0.453 bits per heavy atom. The molecule has 0 aromatic heterocycles. The van der Waals surface area contributed by atoms with E-state index in [0.29, 0.717) is 12.8 Å². The molecule has 0 radical (unpaired) electrons. The summed E-state index contributed by atoms with van der Waals surface area (Å²) in [4.78, 5) is 24.3. The number of hydrogen-bond donors (Lipinski definition) is 1. The van der Waals surface area contributed by atoms with Gasteiger partial charge in [-0.05, 0) is 64.2 Å². The molecule has 1 unspecified atom stereocenters. The normalized spacial score (nSPS) is 12.9. The lowest BCUT2D eigenvalue weighted by atomic mass is 10.0. The minimum Gasteiger partial charge on any atom is -0.462 e. The molecule has 0 heterocycles. The van der Waals surface area contributed by atoms with Crippen LogP contribution in [-0.2, 0) is 19.1 Å². The second-order valence-electron chi connectivity index (χ2n) is 14.4. The maximum Gasteiger partial charge on any atom is 0.306 e. The van der Waals surface area contributed by atoms with E-state index in [9.17, 15) is 14.7 Å². The van der Waals surface area contributed by atoms with Gasteiger partial charge in [0.2, 0.25) is 0 Å². The van der Waals surface area contributed by atoms with Gasteiger partial charge in [-0.2, -0.15) is 0 Å². The van der Waals surface area contributed by atoms with Crippen LogP contribution in [0.4, 0.5) is 0 Å². The fourth-order valence-electron chi connectivity index (χ4n) is 5.97. The number of unbranched alkanes of at least 4 members (excludes halogenated alkanes) is 19. The number of rotatable bonds is 39. The lowest BCUT2D eigenvalue weighted by molar-refractivity contribution is -0.161. The molecule has 53 heavy (non-hydrogen) atoms. The van der Waals surface area contributed by atoms with Gasteiger partial charge in [-0.3, -0.25) is 9.59 Å². The van der Waals surface area contributed by atoms with Crippen LogP contribution >= 0.6 is 0 Å². The molecule has 304 valence electrons. The minimum atomic E-state index is -0.787. The van der Waals surface area contributed by atoms with E-state index in [1.807, 2.05) is 0 Å². The number of esters is 2. The first-order valence-electron chi connectivity index (χ1n) is 22.0. The maximum absolute atomic E-state index is 12.2. The molecule has 1 atom stereocenters. The molecule has 0 rings (SSSR count). The molecular weight excluding hydrogens is 657 g/mol. The van der Waals surface area contributed by atoms with E-state index >= 15 is 0 Å². The Kier molecular flexibility index (Phi) is 41.5. The van der Waals surface area contributed by atoms with Gasteiger partial charge in [-0.15, -0.1) is 0 Å². The molecule has 5 nitrogen and oxygen atoms in total. The summed E-state index contributed by atoms with van der Waals surface area (Å²) in [5.74, 6) is -0.619. The highest BCUT2D eigenvalue weighted by atomic mass is 16.6. The van der Waals surface area contributed by atoms with Gasteiger partial charge in [0.25, 0.3) is 0 Å². The van der Waals surface area contributed by atoms with Crippen LogP contribution in [0, 0.1) is 0 Å². The van der Waals surface area contributed by atoms with Crippen molar-refractivity contribution < 1.29 is 24.2 Å². The van der Waals surface area contributed by atoms with E-state index in [4.69, 9.17) is 9.47 Å². The van der Waals surface area contributed by atoms with Gasteiger partial charge in [-0.1, -0.05) is 196 Å². The van der Waals surface area contributed by atoms with Crippen LogP contribution in [0.15, 0.2) is 72.9 Å². The molecule has 0 saturated carbocycles. The van der Waals surface area contributed by atoms with Crippen molar-refractivity contribution in [2.24, 2.45) is 0 Å². The molecule has 0 aromatic rings. The van der Waals surface area contributed by atoms with Crippen LogP contribution in [0.1, 0.15) is 200 Å². The van der Waals surface area contributed by atoms with Crippen molar-refractivity contribution in [3.05, 3.63) is 72.9 Å². The highest BCUT2D eigenvalue weighted by Gasteiger charge is 2.16. The first-order chi connectivity index (χ1) is 26.1. The smallest absolute Gasteiger partial charge is 0.306 e. The SMILES string of the molecule is CC/C=C\C/C=C\C/C=C\C/C=C\C/C=C\C/C=C\CCCCCCC(=O)OC(CO)COC(=O)CCCCCCCCCCCCCCCCCC. The second kappa shape index (κ2) is 43.7. The highest BCUT2D eigenvalue weighted by molar-refractivity contribution is 5.70. The first kappa shape index (κ1) is 50.3. The fraction of sp³-hybridized carbons (Fsp3) is 0.708. The summed E-state index contributed by atoms with van der Waals surface area (Å²) in [6.45, 7) is 4.01. The zero-order valence-electron chi connectivity index (χ0n) is 34.5. The summed E-state index contributed by atoms with van der Waals surface area (Å²) in [5, 5.41) is 9.58. The maximum atomic E-state index is 12.2. The molecule has 0 bridgehead atoms. The Hall–Kier alpha value is -2.66. The number of carbonyl (C=O) groups is 2. The molecule has 0 aromatic carbocycles. The Morgan fingerprint density at radius 3 is 1.23 bits per heavy atom. The third-order valence-corrected chi connectivity index (χ3v) is 9.26. The van der Waals surface area contributed by atoms with Crippen LogP contribution < -0.4 is 0 Å². The van der Waals surface area contributed by atoms with Crippen molar-refractivity contribution in [3.8, 4) is 0 Å². The lowest BCUT2D eigenvalue weighted by Crippen LogP contribution is -2.28. The quantitative estimate of drug-likeness (QED) is 0.0386. The summed E-state index contributed by atoms with van der Waals surface area (Å²) in [7, 11) is 0. The van der Waals surface area contributed by atoms with Crippen molar-refractivity contribution in [1.82, 2.24) is 0 Å². The van der Waals surface area contributed by atoms with Crippen molar-refractivity contribution in [2.75, 3.05) is 13.2 Å². The summed E-state index contributed by atoms with van der Waals surface area (Å²) < 4.78 is 10.6. The lowest BCUT2D eigenvalue weighted by Gasteiger charge is -2.15. The zero-order chi connectivity index (χ0) is 38.6. The van der Waals surface area contributed by atoms with Crippen LogP contribution in [0.25, 0.3) is 0 Å². The van der Waals surface area contributed by atoms with Crippen molar-refractivity contribution in [2.45, 2.75) is 206 Å². The summed E-state index contributed by atoms with van der Waals surface area (Å²) in [6.07, 6.45) is 58.2. The van der Waals surface area contributed by atoms with E-state index in [1.165, 1.54) is 83.5 Å². The van der Waals surface area contributed by atoms with E-state index < -0.39 is 6.10 Å². The zero-order valence-corrected chi connectivity index (χ0v) is 34.5. The second-order valence-corrected chi connectivity index (χ2v) is 14.4. The number of carbonyl (C=O) groups excluding carboxylic acids is 2. The van der Waals surface area contributed by atoms with Gasteiger partial charge in [0.05, 0.1) is 6.61 Å². The largest absolute Gasteiger partial charge is 0.462 e. The topological polar surface area (TPSA) is 72.8 Å². The molecule has 0 saturated heterocycles. The summed E-state index contributed by atoms with van der Waals surface area (Å²) in [6, 6.07) is 0. The van der Waals surface area contributed by atoms with Gasteiger partial charge in [0.1, 0.15) is 6.61 Å². The Morgan fingerprint density at radius 2 is 0.811 bits per heavy atom. The molecule has 0 aliphatic rings. The Bertz CT molecular complexity index is 972. The molecule has 0 aliphatic carbocycles. The van der Waals surface area contributed by atoms with Gasteiger partial charge >= 0.3 is 11.9 Å². The van der Waals surface area contributed by atoms with E-state index in [2.05, 4.69) is 86.8 Å². The monoisotopic (exact) mass is 739 g/mol. The van der Waals surface area contributed by atoms with Gasteiger partial charge in [0, 0.05) is 12.8 Å². The van der Waals surface area contributed by atoms with Crippen molar-refractivity contribution >= 4 is 11.9 Å². The molecule has 0 fully saturated rings. The predicted octanol–water partition coefficient (Wildman–Crippen LogP) is 14.1. The molecule has 1 N–H and O–H groups in total. The Balaban J connectivity index is 3.62. The molecule has 0 aliphatic heterocycles. The van der Waals surface area contributed by atoms with Crippen molar-refractivity contribution in [1.29, 1.82) is 0 Å². The van der Waals surface area contributed by atoms with Crippen LogP contribution in [0.2, 0.25) is 0 Å². The predicted molar refractivity (Wildman–Crippen MR) is 228 cm³/mol. The van der Waals surface area contributed by atoms with Crippen LogP contribution in [0.5, 0.6) is 0 Å². The number of hydrogen-bond acceptors (Lipinski definition) is 5. The first-order valence-corrected chi connectivity index (χ1v) is 22.0. The van der Waals surface area contributed by atoms with Crippen LogP contribution in [0.3, 0.4) is 0 Å². The van der Waals surface area contributed by atoms with E-state index in [1.54, 1.807) is 0 Å². The average Bonchev–Trinajstić information content (AvgIpc) is 3.16. The van der Waals surface area contributed by atoms with Crippen LogP contribution in [-0.4, -0.2) is 36.4 Å². The Labute approximate surface area is 327 Å². The molecule has 0 spiro atoms. The average molecular weight is 739 g/mol. The minimum absolute atomic E-state index is 0.0775. The highest BCUT2D eigenvalue weighted by Crippen LogP contribution is 2.14. The fourth-order valence-corrected chi connectivity index (χ4v) is 5.97. The molecule has 0 amide bonds. The number of allylic oxidation sites excluding steroid dienone is 12. The summed E-state index contributed by atoms with van der Waals surface area (Å²) >= 11 is 0. The van der Waals surface area contributed by atoms with E-state index in [-0.39, 0.29) is 25.2 Å². The van der Waals surface area contributed by atoms with Crippen molar-refractivity contribution in [3.63, 3.8) is 0 Å².